The van der Waals surface area contributed by atoms with Crippen molar-refractivity contribution in [3.05, 3.63) is 29.8 Å². The lowest BCUT2D eigenvalue weighted by atomic mass is 9.96. The highest BCUT2D eigenvalue weighted by Crippen LogP contribution is 2.27. The van der Waals surface area contributed by atoms with Crippen molar-refractivity contribution in [1.82, 2.24) is 24.8 Å². The predicted molar refractivity (Wildman–Crippen MR) is 70.4 cm³/mol. The zero-order valence-electron chi connectivity index (χ0n) is 11.1. The van der Waals surface area contributed by atoms with Gasteiger partial charge in [-0.15, -0.1) is 5.10 Å². The Hall–Kier alpha value is -2.18. The summed E-state index contributed by atoms with van der Waals surface area (Å²) in [5.74, 6) is -1.07. The summed E-state index contributed by atoms with van der Waals surface area (Å²) in [5, 5.41) is 20.7. The van der Waals surface area contributed by atoms with Crippen molar-refractivity contribution in [1.29, 1.82) is 0 Å². The number of hydrogen-bond acceptors (Lipinski definition) is 4. The van der Waals surface area contributed by atoms with Crippen LogP contribution in [-0.2, 0) is 6.54 Å². The Labute approximate surface area is 116 Å². The van der Waals surface area contributed by atoms with E-state index in [1.165, 1.54) is 43.0 Å². The maximum absolute atomic E-state index is 10.7. The van der Waals surface area contributed by atoms with Gasteiger partial charge < -0.3 is 5.11 Å². The van der Waals surface area contributed by atoms with E-state index in [-0.39, 0.29) is 5.69 Å². The minimum atomic E-state index is -1.07. The SMILES string of the molecule is O=C(O)c1cn(Cc2ccn(C3CCCCC3)n2)nn1. The summed E-state index contributed by atoms with van der Waals surface area (Å²) in [7, 11) is 0. The Morgan fingerprint density at radius 2 is 2.15 bits per heavy atom. The van der Waals surface area contributed by atoms with Crippen LogP contribution in [0.4, 0.5) is 0 Å². The highest BCUT2D eigenvalue weighted by Gasteiger charge is 2.16. The molecule has 7 heteroatoms. The molecule has 20 heavy (non-hydrogen) atoms. The number of carboxylic acid groups (broad SMARTS) is 1. The summed E-state index contributed by atoms with van der Waals surface area (Å²) in [5.41, 5.74) is 0.828. The smallest absolute Gasteiger partial charge is 0.358 e. The molecule has 0 spiro atoms. The van der Waals surface area contributed by atoms with Crippen molar-refractivity contribution >= 4 is 5.97 Å². The first-order valence-electron chi connectivity index (χ1n) is 6.90. The summed E-state index contributed by atoms with van der Waals surface area (Å²) in [6.45, 7) is 0.444. The summed E-state index contributed by atoms with van der Waals surface area (Å²) < 4.78 is 3.53. The molecule has 1 saturated carbocycles. The lowest BCUT2D eigenvalue weighted by molar-refractivity contribution is 0.0690. The quantitative estimate of drug-likeness (QED) is 0.918. The first kappa shape index (κ1) is 12.8. The molecular weight excluding hydrogens is 258 g/mol. The van der Waals surface area contributed by atoms with E-state index < -0.39 is 5.97 Å². The van der Waals surface area contributed by atoms with Crippen molar-refractivity contribution in [2.24, 2.45) is 0 Å². The third-order valence-corrected chi connectivity index (χ3v) is 3.69. The van der Waals surface area contributed by atoms with Crippen molar-refractivity contribution in [3.63, 3.8) is 0 Å². The number of carboxylic acids is 1. The molecule has 0 saturated heterocycles. The lowest BCUT2D eigenvalue weighted by Gasteiger charge is -2.21. The molecule has 1 N–H and O–H groups in total. The Morgan fingerprint density at radius 1 is 1.35 bits per heavy atom. The van der Waals surface area contributed by atoms with Crippen LogP contribution >= 0.6 is 0 Å². The molecule has 2 aromatic rings. The summed E-state index contributed by atoms with van der Waals surface area (Å²) in [4.78, 5) is 10.7. The fourth-order valence-corrected chi connectivity index (χ4v) is 2.65. The maximum atomic E-state index is 10.7. The molecule has 2 heterocycles. The van der Waals surface area contributed by atoms with Crippen LogP contribution in [0.5, 0.6) is 0 Å². The number of rotatable bonds is 4. The topological polar surface area (TPSA) is 85.8 Å². The largest absolute Gasteiger partial charge is 0.476 e. The Bertz CT molecular complexity index is 597. The first-order chi connectivity index (χ1) is 9.72. The molecular formula is C13H17N5O2. The zero-order valence-corrected chi connectivity index (χ0v) is 11.1. The van der Waals surface area contributed by atoms with Crippen molar-refractivity contribution in [3.8, 4) is 0 Å². The van der Waals surface area contributed by atoms with E-state index in [0.717, 1.165) is 5.69 Å². The van der Waals surface area contributed by atoms with Gasteiger partial charge in [-0.1, -0.05) is 24.5 Å². The number of nitrogens with zero attached hydrogens (tertiary/aromatic N) is 5. The molecule has 0 bridgehead atoms. The third kappa shape index (κ3) is 2.71. The lowest BCUT2D eigenvalue weighted by Crippen LogP contribution is -2.13. The molecule has 7 nitrogen and oxygen atoms in total. The normalized spacial score (nSPS) is 16.4. The summed E-state index contributed by atoms with van der Waals surface area (Å²) in [6, 6.07) is 2.46. The van der Waals surface area contributed by atoms with Crippen LogP contribution in [-0.4, -0.2) is 35.9 Å². The predicted octanol–water partition coefficient (Wildman–Crippen LogP) is 1.73. The maximum Gasteiger partial charge on any atom is 0.358 e. The summed E-state index contributed by atoms with van der Waals surface area (Å²) >= 11 is 0. The van der Waals surface area contributed by atoms with E-state index >= 15 is 0 Å². The highest BCUT2D eigenvalue weighted by atomic mass is 16.4. The van der Waals surface area contributed by atoms with Gasteiger partial charge in [-0.3, -0.25) is 4.68 Å². The second-order valence-electron chi connectivity index (χ2n) is 5.19. The minimum absolute atomic E-state index is 0.0447. The first-order valence-corrected chi connectivity index (χ1v) is 6.90. The molecule has 106 valence electrons. The fourth-order valence-electron chi connectivity index (χ4n) is 2.65. The van der Waals surface area contributed by atoms with Crippen LogP contribution in [0, 0.1) is 0 Å². The fraction of sp³-hybridized carbons (Fsp3) is 0.538. The number of aromatic carboxylic acids is 1. The van der Waals surface area contributed by atoms with E-state index in [1.807, 2.05) is 16.9 Å². The van der Waals surface area contributed by atoms with E-state index in [0.29, 0.717) is 12.6 Å². The van der Waals surface area contributed by atoms with Gasteiger partial charge in [0, 0.05) is 6.20 Å². The Kier molecular flexibility index (Phi) is 3.49. The minimum Gasteiger partial charge on any atom is -0.476 e. The molecule has 0 aromatic carbocycles. The monoisotopic (exact) mass is 275 g/mol. The van der Waals surface area contributed by atoms with Crippen molar-refractivity contribution in [2.45, 2.75) is 44.7 Å². The molecule has 0 atom stereocenters. The van der Waals surface area contributed by atoms with Crippen LogP contribution in [0.3, 0.4) is 0 Å². The van der Waals surface area contributed by atoms with E-state index in [2.05, 4.69) is 15.4 Å². The number of aromatic nitrogens is 5. The second-order valence-corrected chi connectivity index (χ2v) is 5.19. The van der Waals surface area contributed by atoms with Crippen LogP contribution in [0.2, 0.25) is 0 Å². The molecule has 1 aliphatic rings. The molecule has 1 fully saturated rings. The molecule has 0 unspecified atom stereocenters. The van der Waals surface area contributed by atoms with Gasteiger partial charge in [0.15, 0.2) is 5.69 Å². The van der Waals surface area contributed by atoms with E-state index in [4.69, 9.17) is 5.11 Å². The van der Waals surface area contributed by atoms with Crippen LogP contribution in [0.1, 0.15) is 54.3 Å². The third-order valence-electron chi connectivity index (χ3n) is 3.69. The van der Waals surface area contributed by atoms with E-state index in [9.17, 15) is 4.79 Å². The highest BCUT2D eigenvalue weighted by molar-refractivity contribution is 5.84. The standard InChI is InChI=1S/C13H17N5O2/c19-13(20)12-9-17(16-14-12)8-10-6-7-18(15-10)11-4-2-1-3-5-11/h6-7,9,11H,1-5,8H2,(H,19,20). The van der Waals surface area contributed by atoms with Crippen LogP contribution in [0.25, 0.3) is 0 Å². The van der Waals surface area contributed by atoms with Gasteiger partial charge in [0.2, 0.25) is 0 Å². The van der Waals surface area contributed by atoms with Gasteiger partial charge in [0.05, 0.1) is 24.5 Å². The molecule has 1 aliphatic carbocycles. The van der Waals surface area contributed by atoms with Gasteiger partial charge in [0.25, 0.3) is 0 Å². The number of hydrogen-bond donors (Lipinski definition) is 1. The average molecular weight is 275 g/mol. The van der Waals surface area contributed by atoms with Gasteiger partial charge in [0.1, 0.15) is 0 Å². The Morgan fingerprint density at radius 3 is 2.85 bits per heavy atom. The Balaban J connectivity index is 1.68. The molecule has 2 aromatic heterocycles. The summed E-state index contributed by atoms with van der Waals surface area (Å²) in [6.07, 6.45) is 9.65. The van der Waals surface area contributed by atoms with Crippen LogP contribution < -0.4 is 0 Å². The molecule has 0 radical (unpaired) electrons. The molecule has 0 aliphatic heterocycles. The van der Waals surface area contributed by atoms with Gasteiger partial charge in [-0.25, -0.2) is 9.48 Å². The van der Waals surface area contributed by atoms with Gasteiger partial charge >= 0.3 is 5.97 Å². The number of carbonyl (C=O) groups is 1. The average Bonchev–Trinajstić information content (AvgIpc) is 3.10. The molecule has 0 amide bonds. The van der Waals surface area contributed by atoms with Gasteiger partial charge in [-0.05, 0) is 18.9 Å². The molecule has 3 rings (SSSR count). The van der Waals surface area contributed by atoms with Crippen molar-refractivity contribution in [2.75, 3.05) is 0 Å². The van der Waals surface area contributed by atoms with E-state index in [1.54, 1.807) is 0 Å². The second kappa shape index (κ2) is 5.44. The van der Waals surface area contributed by atoms with Crippen LogP contribution in [0.15, 0.2) is 18.5 Å². The van der Waals surface area contributed by atoms with Crippen molar-refractivity contribution < 1.29 is 9.90 Å². The van der Waals surface area contributed by atoms with Gasteiger partial charge in [-0.2, -0.15) is 5.10 Å². The zero-order chi connectivity index (χ0) is 13.9.